The Hall–Kier alpha value is -2.37. The lowest BCUT2D eigenvalue weighted by Gasteiger charge is -2.11. The molecule has 2 rings (SSSR count). The van der Waals surface area contributed by atoms with Crippen molar-refractivity contribution in [1.82, 2.24) is 5.32 Å². The van der Waals surface area contributed by atoms with Crippen LogP contribution in [0.25, 0.3) is 0 Å². The predicted octanol–water partition coefficient (Wildman–Crippen LogP) is 1.65. The standard InChI is InChI=1S/C12H10FNO4/c13-9-6-10(15)17-11(9)18-12(16)14-7-8-4-2-1-3-5-8/h1-6,11H,7H2,(H,14,16). The Morgan fingerprint density at radius 2 is 2.11 bits per heavy atom. The highest BCUT2D eigenvalue weighted by atomic mass is 19.1. The Morgan fingerprint density at radius 1 is 1.39 bits per heavy atom. The van der Waals surface area contributed by atoms with E-state index in [2.05, 4.69) is 14.8 Å². The number of nitrogens with one attached hydrogen (secondary N) is 1. The van der Waals surface area contributed by atoms with Crippen molar-refractivity contribution in [3.8, 4) is 0 Å². The van der Waals surface area contributed by atoms with Crippen molar-refractivity contribution >= 4 is 12.1 Å². The second-order valence-corrected chi connectivity index (χ2v) is 3.54. The predicted molar refractivity (Wildman–Crippen MR) is 58.8 cm³/mol. The molecule has 1 atom stereocenters. The first kappa shape index (κ1) is 12.1. The molecule has 0 saturated carbocycles. The molecule has 0 radical (unpaired) electrons. The van der Waals surface area contributed by atoms with Gasteiger partial charge in [0.2, 0.25) is 0 Å². The average molecular weight is 251 g/mol. The molecule has 0 aliphatic carbocycles. The fourth-order valence-corrected chi connectivity index (χ4v) is 1.37. The van der Waals surface area contributed by atoms with E-state index in [0.717, 1.165) is 5.56 Å². The minimum absolute atomic E-state index is 0.242. The van der Waals surface area contributed by atoms with Gasteiger partial charge in [-0.15, -0.1) is 0 Å². The number of ether oxygens (including phenoxy) is 2. The van der Waals surface area contributed by atoms with E-state index in [1.54, 1.807) is 0 Å². The number of amides is 1. The van der Waals surface area contributed by atoms with Gasteiger partial charge in [-0.2, -0.15) is 0 Å². The van der Waals surface area contributed by atoms with Crippen molar-refractivity contribution in [3.05, 3.63) is 47.8 Å². The highest BCUT2D eigenvalue weighted by molar-refractivity contribution is 5.85. The third-order valence-electron chi connectivity index (χ3n) is 2.20. The molecule has 1 aliphatic rings. The number of hydrogen-bond acceptors (Lipinski definition) is 4. The van der Waals surface area contributed by atoms with Gasteiger partial charge in [0.15, 0.2) is 5.83 Å². The van der Waals surface area contributed by atoms with Gasteiger partial charge in [-0.25, -0.2) is 14.0 Å². The lowest BCUT2D eigenvalue weighted by atomic mass is 10.2. The molecular weight excluding hydrogens is 241 g/mol. The van der Waals surface area contributed by atoms with Crippen molar-refractivity contribution in [1.29, 1.82) is 0 Å². The second-order valence-electron chi connectivity index (χ2n) is 3.54. The minimum Gasteiger partial charge on any atom is -0.415 e. The Kier molecular flexibility index (Phi) is 3.57. The number of cyclic esters (lactones) is 1. The van der Waals surface area contributed by atoms with Gasteiger partial charge in [0.1, 0.15) is 0 Å². The average Bonchev–Trinajstić information content (AvgIpc) is 2.67. The van der Waals surface area contributed by atoms with Crippen LogP contribution >= 0.6 is 0 Å². The van der Waals surface area contributed by atoms with Gasteiger partial charge in [-0.1, -0.05) is 30.3 Å². The van der Waals surface area contributed by atoms with Crippen molar-refractivity contribution in [2.75, 3.05) is 0 Å². The molecule has 1 aliphatic heterocycles. The zero-order chi connectivity index (χ0) is 13.0. The maximum absolute atomic E-state index is 13.0. The van der Waals surface area contributed by atoms with Crippen molar-refractivity contribution < 1.29 is 23.5 Å². The molecule has 0 saturated heterocycles. The summed E-state index contributed by atoms with van der Waals surface area (Å²) in [6, 6.07) is 9.12. The second kappa shape index (κ2) is 5.31. The molecule has 18 heavy (non-hydrogen) atoms. The maximum atomic E-state index is 13.0. The molecule has 1 amide bonds. The SMILES string of the molecule is O=C1C=C(F)C(OC(=O)NCc2ccccc2)O1. The van der Waals surface area contributed by atoms with Crippen LogP contribution in [0.1, 0.15) is 5.56 Å². The summed E-state index contributed by atoms with van der Waals surface area (Å²) in [5, 5.41) is 2.41. The molecule has 0 spiro atoms. The van der Waals surface area contributed by atoms with E-state index >= 15 is 0 Å². The van der Waals surface area contributed by atoms with Crippen LogP contribution in [-0.2, 0) is 20.8 Å². The van der Waals surface area contributed by atoms with Crippen molar-refractivity contribution in [3.63, 3.8) is 0 Å². The maximum Gasteiger partial charge on any atom is 0.410 e. The molecule has 1 heterocycles. The Morgan fingerprint density at radius 3 is 2.72 bits per heavy atom. The number of benzene rings is 1. The summed E-state index contributed by atoms with van der Waals surface area (Å²) in [5.74, 6) is -1.79. The quantitative estimate of drug-likeness (QED) is 0.829. The van der Waals surface area contributed by atoms with Gasteiger partial charge >= 0.3 is 18.4 Å². The number of carbonyl (C=O) groups excluding carboxylic acids is 2. The highest BCUT2D eigenvalue weighted by Crippen LogP contribution is 2.17. The summed E-state index contributed by atoms with van der Waals surface area (Å²) < 4.78 is 22.0. The van der Waals surface area contributed by atoms with Gasteiger partial charge in [0.05, 0.1) is 6.08 Å². The summed E-state index contributed by atoms with van der Waals surface area (Å²) in [7, 11) is 0. The lowest BCUT2D eigenvalue weighted by Crippen LogP contribution is -2.29. The molecule has 1 aromatic rings. The van der Waals surface area contributed by atoms with E-state index in [4.69, 9.17) is 0 Å². The highest BCUT2D eigenvalue weighted by Gasteiger charge is 2.29. The fraction of sp³-hybridized carbons (Fsp3) is 0.167. The summed E-state index contributed by atoms with van der Waals surface area (Å²) in [5.41, 5.74) is 0.869. The molecule has 1 N–H and O–H groups in total. The lowest BCUT2D eigenvalue weighted by molar-refractivity contribution is -0.152. The van der Waals surface area contributed by atoms with Crippen LogP contribution in [0.5, 0.6) is 0 Å². The van der Waals surface area contributed by atoms with Gasteiger partial charge in [0.25, 0.3) is 0 Å². The zero-order valence-corrected chi connectivity index (χ0v) is 9.26. The smallest absolute Gasteiger partial charge is 0.410 e. The molecule has 0 bridgehead atoms. The van der Waals surface area contributed by atoms with E-state index in [1.165, 1.54) is 0 Å². The largest absolute Gasteiger partial charge is 0.415 e. The molecule has 0 fully saturated rings. The van der Waals surface area contributed by atoms with E-state index in [9.17, 15) is 14.0 Å². The van der Waals surface area contributed by atoms with Crippen LogP contribution in [0.3, 0.4) is 0 Å². The molecule has 5 nitrogen and oxygen atoms in total. The number of esters is 1. The topological polar surface area (TPSA) is 64.6 Å². The van der Waals surface area contributed by atoms with E-state index < -0.39 is 24.2 Å². The van der Waals surface area contributed by atoms with Gasteiger partial charge in [-0.3, -0.25) is 0 Å². The van der Waals surface area contributed by atoms with Crippen LogP contribution in [-0.4, -0.2) is 18.4 Å². The number of alkyl carbamates (subject to hydrolysis) is 1. The van der Waals surface area contributed by atoms with E-state index in [0.29, 0.717) is 6.08 Å². The van der Waals surface area contributed by atoms with Gasteiger partial charge in [0, 0.05) is 6.54 Å². The van der Waals surface area contributed by atoms with Crippen LogP contribution in [0.4, 0.5) is 9.18 Å². The summed E-state index contributed by atoms with van der Waals surface area (Å²) in [6.45, 7) is 0.242. The van der Waals surface area contributed by atoms with E-state index in [1.807, 2.05) is 30.3 Å². The monoisotopic (exact) mass is 251 g/mol. The van der Waals surface area contributed by atoms with Crippen molar-refractivity contribution in [2.45, 2.75) is 12.8 Å². The third kappa shape index (κ3) is 3.07. The first-order chi connectivity index (χ1) is 8.65. The summed E-state index contributed by atoms with van der Waals surface area (Å²) in [6.07, 6.45) is -1.80. The summed E-state index contributed by atoms with van der Waals surface area (Å²) >= 11 is 0. The number of rotatable bonds is 3. The summed E-state index contributed by atoms with van der Waals surface area (Å²) in [4.78, 5) is 22.0. The van der Waals surface area contributed by atoms with Crippen LogP contribution in [0.15, 0.2) is 42.2 Å². The number of halogens is 1. The fourth-order valence-electron chi connectivity index (χ4n) is 1.37. The first-order valence-corrected chi connectivity index (χ1v) is 5.21. The van der Waals surface area contributed by atoms with Crippen LogP contribution < -0.4 is 5.32 Å². The first-order valence-electron chi connectivity index (χ1n) is 5.21. The Labute approximate surface area is 102 Å². The van der Waals surface area contributed by atoms with Crippen molar-refractivity contribution in [2.24, 2.45) is 0 Å². The number of hydrogen-bond donors (Lipinski definition) is 1. The molecule has 94 valence electrons. The molecule has 0 aromatic heterocycles. The molecular formula is C12H10FNO4. The van der Waals surface area contributed by atoms with Crippen LogP contribution in [0, 0.1) is 0 Å². The minimum atomic E-state index is -1.58. The number of carbonyl (C=O) groups is 2. The van der Waals surface area contributed by atoms with Gasteiger partial charge < -0.3 is 14.8 Å². The normalized spacial score (nSPS) is 17.9. The third-order valence-corrected chi connectivity index (χ3v) is 2.20. The van der Waals surface area contributed by atoms with E-state index in [-0.39, 0.29) is 6.54 Å². The van der Waals surface area contributed by atoms with Crippen LogP contribution in [0.2, 0.25) is 0 Å². The Balaban J connectivity index is 1.80. The molecule has 6 heteroatoms. The van der Waals surface area contributed by atoms with Gasteiger partial charge in [-0.05, 0) is 5.56 Å². The zero-order valence-electron chi connectivity index (χ0n) is 9.26. The Bertz CT molecular complexity index is 486. The molecule has 1 unspecified atom stereocenters. The molecule has 1 aromatic carbocycles.